The van der Waals surface area contributed by atoms with E-state index in [4.69, 9.17) is 4.42 Å². The SMILES string of the molecule is Cc1cc(C(C)NCc2ccccc2)c(C)o1. The molecule has 0 bridgehead atoms. The Balaban J connectivity index is 1.98. The summed E-state index contributed by atoms with van der Waals surface area (Å²) in [6, 6.07) is 12.9. The number of furan rings is 1. The third-order valence-electron chi connectivity index (χ3n) is 3.00. The van der Waals surface area contributed by atoms with Crippen LogP contribution in [-0.4, -0.2) is 0 Å². The fraction of sp³-hybridized carbons (Fsp3) is 0.333. The van der Waals surface area contributed by atoms with Gasteiger partial charge in [-0.25, -0.2) is 0 Å². The summed E-state index contributed by atoms with van der Waals surface area (Å²) >= 11 is 0. The molecule has 1 atom stereocenters. The van der Waals surface area contributed by atoms with Gasteiger partial charge in [0.15, 0.2) is 0 Å². The van der Waals surface area contributed by atoms with Gasteiger partial charge in [-0.05, 0) is 32.4 Å². The quantitative estimate of drug-likeness (QED) is 0.863. The highest BCUT2D eigenvalue weighted by atomic mass is 16.3. The molecule has 0 aliphatic heterocycles. The summed E-state index contributed by atoms with van der Waals surface area (Å²) in [5.74, 6) is 1.99. The molecule has 0 amide bonds. The monoisotopic (exact) mass is 229 g/mol. The highest BCUT2D eigenvalue weighted by Gasteiger charge is 2.11. The number of hydrogen-bond donors (Lipinski definition) is 1. The van der Waals surface area contributed by atoms with Gasteiger partial charge in [-0.1, -0.05) is 30.3 Å². The second kappa shape index (κ2) is 5.19. The third kappa shape index (κ3) is 2.98. The zero-order valence-corrected chi connectivity index (χ0v) is 10.7. The van der Waals surface area contributed by atoms with Crippen molar-refractivity contribution in [3.63, 3.8) is 0 Å². The van der Waals surface area contributed by atoms with Crippen molar-refractivity contribution in [1.29, 1.82) is 0 Å². The molecule has 0 radical (unpaired) electrons. The molecular formula is C15H19NO. The maximum Gasteiger partial charge on any atom is 0.105 e. The zero-order valence-electron chi connectivity index (χ0n) is 10.7. The van der Waals surface area contributed by atoms with E-state index < -0.39 is 0 Å². The van der Waals surface area contributed by atoms with Crippen LogP contribution in [0.3, 0.4) is 0 Å². The molecule has 17 heavy (non-hydrogen) atoms. The molecule has 2 heteroatoms. The van der Waals surface area contributed by atoms with E-state index >= 15 is 0 Å². The summed E-state index contributed by atoms with van der Waals surface area (Å²) < 4.78 is 5.55. The van der Waals surface area contributed by atoms with Gasteiger partial charge in [0.25, 0.3) is 0 Å². The van der Waals surface area contributed by atoms with Crippen LogP contribution in [0.5, 0.6) is 0 Å². The number of nitrogens with one attached hydrogen (secondary N) is 1. The minimum atomic E-state index is 0.313. The minimum absolute atomic E-state index is 0.313. The van der Waals surface area contributed by atoms with Crippen LogP contribution in [0.25, 0.3) is 0 Å². The van der Waals surface area contributed by atoms with Crippen LogP contribution >= 0.6 is 0 Å². The Morgan fingerprint density at radius 2 is 1.88 bits per heavy atom. The molecule has 0 aliphatic carbocycles. The van der Waals surface area contributed by atoms with Crippen molar-refractivity contribution < 1.29 is 4.42 Å². The van der Waals surface area contributed by atoms with Crippen molar-refractivity contribution in [2.45, 2.75) is 33.4 Å². The highest BCUT2D eigenvalue weighted by Crippen LogP contribution is 2.21. The van der Waals surface area contributed by atoms with E-state index in [1.165, 1.54) is 11.1 Å². The minimum Gasteiger partial charge on any atom is -0.466 e. The van der Waals surface area contributed by atoms with E-state index in [0.717, 1.165) is 18.1 Å². The Labute approximate surface area is 103 Å². The Hall–Kier alpha value is -1.54. The molecule has 2 rings (SSSR count). The number of hydrogen-bond acceptors (Lipinski definition) is 2. The molecule has 1 heterocycles. The van der Waals surface area contributed by atoms with Crippen molar-refractivity contribution in [3.8, 4) is 0 Å². The van der Waals surface area contributed by atoms with Gasteiger partial charge in [-0.15, -0.1) is 0 Å². The molecule has 0 aliphatic rings. The summed E-state index contributed by atoms with van der Waals surface area (Å²) in [4.78, 5) is 0. The standard InChI is InChI=1S/C15H19NO/c1-11-9-15(13(3)17-11)12(2)16-10-14-7-5-4-6-8-14/h4-9,12,16H,10H2,1-3H3. The summed E-state index contributed by atoms with van der Waals surface area (Å²) in [6.45, 7) is 7.05. The van der Waals surface area contributed by atoms with Crippen LogP contribution in [-0.2, 0) is 6.54 Å². The normalized spacial score (nSPS) is 12.6. The summed E-state index contributed by atoms with van der Waals surface area (Å²) in [7, 11) is 0. The van der Waals surface area contributed by atoms with E-state index in [1.54, 1.807) is 0 Å². The first-order valence-corrected chi connectivity index (χ1v) is 6.01. The summed E-state index contributed by atoms with van der Waals surface area (Å²) in [6.07, 6.45) is 0. The maximum absolute atomic E-state index is 5.55. The lowest BCUT2D eigenvalue weighted by Gasteiger charge is -2.13. The average Bonchev–Trinajstić information content (AvgIpc) is 2.67. The topological polar surface area (TPSA) is 25.2 Å². The van der Waals surface area contributed by atoms with Gasteiger partial charge in [-0.3, -0.25) is 0 Å². The Morgan fingerprint density at radius 1 is 1.18 bits per heavy atom. The molecular weight excluding hydrogens is 210 g/mol. The number of rotatable bonds is 4. The zero-order chi connectivity index (χ0) is 12.3. The van der Waals surface area contributed by atoms with Crippen LogP contribution < -0.4 is 5.32 Å². The van der Waals surface area contributed by atoms with Gasteiger partial charge < -0.3 is 9.73 Å². The second-order valence-electron chi connectivity index (χ2n) is 4.46. The van der Waals surface area contributed by atoms with Gasteiger partial charge in [0.05, 0.1) is 0 Å². The molecule has 2 aromatic rings. The second-order valence-corrected chi connectivity index (χ2v) is 4.46. The van der Waals surface area contributed by atoms with E-state index in [9.17, 15) is 0 Å². The van der Waals surface area contributed by atoms with Crippen LogP contribution in [0.4, 0.5) is 0 Å². The Bertz CT molecular complexity index is 473. The largest absolute Gasteiger partial charge is 0.466 e. The van der Waals surface area contributed by atoms with Crippen molar-refractivity contribution >= 4 is 0 Å². The molecule has 0 spiro atoms. The van der Waals surface area contributed by atoms with E-state index in [0.29, 0.717) is 6.04 Å². The van der Waals surface area contributed by atoms with Gasteiger partial charge in [0.1, 0.15) is 11.5 Å². The van der Waals surface area contributed by atoms with Crippen LogP contribution in [0.15, 0.2) is 40.8 Å². The smallest absolute Gasteiger partial charge is 0.105 e. The first kappa shape index (κ1) is 11.9. The van der Waals surface area contributed by atoms with Crippen molar-refractivity contribution in [3.05, 3.63) is 59.0 Å². The molecule has 0 saturated carbocycles. The number of benzene rings is 1. The van der Waals surface area contributed by atoms with E-state index in [1.807, 2.05) is 19.9 Å². The first-order valence-electron chi connectivity index (χ1n) is 6.01. The van der Waals surface area contributed by atoms with Gasteiger partial charge in [-0.2, -0.15) is 0 Å². The summed E-state index contributed by atoms with van der Waals surface area (Å²) in [5, 5.41) is 3.51. The number of aryl methyl sites for hydroxylation is 2. The fourth-order valence-electron chi connectivity index (χ4n) is 2.06. The fourth-order valence-corrected chi connectivity index (χ4v) is 2.06. The van der Waals surface area contributed by atoms with Crippen LogP contribution in [0, 0.1) is 13.8 Å². The van der Waals surface area contributed by atoms with Crippen LogP contribution in [0.2, 0.25) is 0 Å². The molecule has 1 N–H and O–H groups in total. The Morgan fingerprint density at radius 3 is 2.47 bits per heavy atom. The lowest BCUT2D eigenvalue weighted by atomic mass is 10.1. The summed E-state index contributed by atoms with van der Waals surface area (Å²) in [5.41, 5.74) is 2.55. The Kier molecular flexibility index (Phi) is 3.64. The molecule has 1 aromatic heterocycles. The lowest BCUT2D eigenvalue weighted by molar-refractivity contribution is 0.489. The predicted octanol–water partition coefficient (Wildman–Crippen LogP) is 3.75. The van der Waals surface area contributed by atoms with E-state index in [2.05, 4.69) is 42.6 Å². The highest BCUT2D eigenvalue weighted by molar-refractivity contribution is 5.24. The molecule has 1 aromatic carbocycles. The lowest BCUT2D eigenvalue weighted by Crippen LogP contribution is -2.18. The van der Waals surface area contributed by atoms with Gasteiger partial charge in [0, 0.05) is 18.2 Å². The van der Waals surface area contributed by atoms with E-state index in [-0.39, 0.29) is 0 Å². The average molecular weight is 229 g/mol. The van der Waals surface area contributed by atoms with Crippen molar-refractivity contribution in [2.24, 2.45) is 0 Å². The maximum atomic E-state index is 5.55. The molecule has 90 valence electrons. The van der Waals surface area contributed by atoms with Crippen molar-refractivity contribution in [2.75, 3.05) is 0 Å². The van der Waals surface area contributed by atoms with Crippen LogP contribution in [0.1, 0.15) is 35.6 Å². The predicted molar refractivity (Wildman–Crippen MR) is 69.9 cm³/mol. The van der Waals surface area contributed by atoms with Gasteiger partial charge >= 0.3 is 0 Å². The first-order chi connectivity index (χ1) is 8.16. The third-order valence-corrected chi connectivity index (χ3v) is 3.00. The molecule has 2 nitrogen and oxygen atoms in total. The molecule has 1 unspecified atom stereocenters. The van der Waals surface area contributed by atoms with Gasteiger partial charge in [0.2, 0.25) is 0 Å². The molecule has 0 fully saturated rings. The molecule has 0 saturated heterocycles. The van der Waals surface area contributed by atoms with Crippen molar-refractivity contribution in [1.82, 2.24) is 5.32 Å².